The maximum Gasteiger partial charge on any atom is 0.244 e. The molecule has 0 N–H and O–H groups in total. The second-order valence-electron chi connectivity index (χ2n) is 5.59. The van der Waals surface area contributed by atoms with Gasteiger partial charge >= 0.3 is 0 Å². The summed E-state index contributed by atoms with van der Waals surface area (Å²) in [6.07, 6.45) is 3.78. The summed E-state index contributed by atoms with van der Waals surface area (Å²) in [6, 6.07) is 16.7. The highest BCUT2D eigenvalue weighted by molar-refractivity contribution is 7.77. The maximum atomic E-state index is 13.1. The molecule has 0 fully saturated rings. The first-order valence-electron chi connectivity index (χ1n) is 8.17. The Balaban J connectivity index is 2.05. The number of halogens is 1. The lowest BCUT2D eigenvalue weighted by Crippen LogP contribution is -2.47. The highest BCUT2D eigenvalue weighted by Crippen LogP contribution is 2.25. The number of aromatic nitrogens is 1. The predicted molar refractivity (Wildman–Crippen MR) is 110 cm³/mol. The van der Waals surface area contributed by atoms with Crippen molar-refractivity contribution in [2.24, 2.45) is 4.99 Å². The summed E-state index contributed by atoms with van der Waals surface area (Å²) in [4.78, 5) is 18.0. The van der Waals surface area contributed by atoms with Crippen LogP contribution >= 0.6 is 22.9 Å². The van der Waals surface area contributed by atoms with Crippen molar-refractivity contribution in [1.82, 2.24) is 0 Å². The minimum atomic E-state index is -0.664. The molecule has 0 aliphatic rings. The Morgan fingerprint density at radius 3 is 2.54 bits per heavy atom. The second kappa shape index (κ2) is 8.54. The van der Waals surface area contributed by atoms with Crippen LogP contribution in [0.1, 0.15) is 22.6 Å². The van der Waals surface area contributed by atoms with Gasteiger partial charge in [-0.05, 0) is 35.7 Å². The summed E-state index contributed by atoms with van der Waals surface area (Å²) >= 11 is 12.7. The van der Waals surface area contributed by atoms with Gasteiger partial charge in [-0.15, -0.1) is 11.3 Å². The van der Waals surface area contributed by atoms with E-state index in [9.17, 15) is 4.79 Å². The Bertz CT molecular complexity index is 938. The molecular formula is C20H17ClN2OS2. The van der Waals surface area contributed by atoms with Crippen molar-refractivity contribution in [3.63, 3.8) is 0 Å². The van der Waals surface area contributed by atoms with E-state index in [1.165, 1.54) is 11.3 Å². The molecule has 1 atom stereocenters. The number of pyridine rings is 1. The number of hydrogen-bond acceptors (Lipinski definition) is 4. The first kappa shape index (κ1) is 18.7. The highest BCUT2D eigenvalue weighted by atomic mass is 35.5. The van der Waals surface area contributed by atoms with Gasteiger partial charge in [0.1, 0.15) is 0 Å². The van der Waals surface area contributed by atoms with Crippen LogP contribution in [0.5, 0.6) is 0 Å². The molecule has 6 heteroatoms. The topological polar surface area (TPSA) is 33.3 Å². The third-order valence-electron chi connectivity index (χ3n) is 3.84. The molecule has 132 valence electrons. The Labute approximate surface area is 167 Å². The number of hydrogen-bond donors (Lipinski definition) is 0. The first-order valence-corrected chi connectivity index (χ1v) is 9.77. The normalized spacial score (nSPS) is 12.8. The lowest BCUT2D eigenvalue weighted by atomic mass is 10.1. The number of aliphatic imine (C=N–C) groups is 1. The monoisotopic (exact) mass is 400 g/mol. The number of ketones is 1. The second-order valence-corrected chi connectivity index (χ2v) is 7.72. The average Bonchev–Trinajstić information content (AvgIpc) is 3.09. The number of Topliss-reactive ketones (excluding diaryl/α,β-unsaturated/α-hetero) is 1. The standard InChI is InChI=1S/C20H17ClN2OS2/c1-2-22-20(25)18(19(24)16-10-11-17(21)26-16)23-12-6-9-15(13-23)14-7-4-3-5-8-14/h3-13,18H,2H2,1H3. The minimum absolute atomic E-state index is 0.0979. The van der Waals surface area contributed by atoms with Crippen molar-refractivity contribution in [3.8, 4) is 11.1 Å². The van der Waals surface area contributed by atoms with Crippen molar-refractivity contribution >= 4 is 46.4 Å². The molecule has 3 aromatic rings. The quantitative estimate of drug-likeness (QED) is 0.197. The van der Waals surface area contributed by atoms with Crippen molar-refractivity contribution < 1.29 is 9.36 Å². The summed E-state index contributed by atoms with van der Waals surface area (Å²) in [5.74, 6) is -0.0979. The molecule has 0 amide bonds. The molecule has 3 rings (SSSR count). The van der Waals surface area contributed by atoms with E-state index in [0.717, 1.165) is 11.1 Å². The molecule has 0 aliphatic carbocycles. The fourth-order valence-electron chi connectivity index (χ4n) is 2.65. The summed E-state index contributed by atoms with van der Waals surface area (Å²) in [5.41, 5.74) is 2.08. The smallest absolute Gasteiger partial charge is 0.244 e. The number of thiophene rings is 1. The molecule has 2 heterocycles. The SMILES string of the molecule is CCN=C([S-])C(C(=O)c1ccc(Cl)s1)[n+]1cccc(-c2ccccc2)c1. The zero-order valence-corrected chi connectivity index (χ0v) is 16.5. The van der Waals surface area contributed by atoms with Crippen LogP contribution in [-0.2, 0) is 12.6 Å². The van der Waals surface area contributed by atoms with Crippen molar-refractivity contribution in [2.45, 2.75) is 13.0 Å². The molecule has 0 saturated carbocycles. The Morgan fingerprint density at radius 2 is 1.88 bits per heavy atom. The van der Waals surface area contributed by atoms with Gasteiger partial charge in [0, 0.05) is 18.2 Å². The van der Waals surface area contributed by atoms with E-state index in [1.807, 2.05) is 66.3 Å². The highest BCUT2D eigenvalue weighted by Gasteiger charge is 2.29. The van der Waals surface area contributed by atoms with Crippen LogP contribution in [0.15, 0.2) is 72.0 Å². The molecule has 2 aromatic heterocycles. The van der Waals surface area contributed by atoms with Gasteiger partial charge in [0.2, 0.25) is 11.8 Å². The molecule has 0 aliphatic heterocycles. The molecule has 0 radical (unpaired) electrons. The van der Waals surface area contributed by atoms with E-state index in [-0.39, 0.29) is 5.78 Å². The Hall–Kier alpha value is -2.08. The van der Waals surface area contributed by atoms with E-state index in [0.29, 0.717) is 20.8 Å². The lowest BCUT2D eigenvalue weighted by Gasteiger charge is -2.18. The molecule has 3 nitrogen and oxygen atoms in total. The van der Waals surface area contributed by atoms with Crippen LogP contribution in [0.3, 0.4) is 0 Å². The van der Waals surface area contributed by atoms with Crippen molar-refractivity contribution in [1.29, 1.82) is 0 Å². The van der Waals surface area contributed by atoms with Gasteiger partial charge in [-0.25, -0.2) is 0 Å². The molecule has 0 spiro atoms. The van der Waals surface area contributed by atoms with Crippen LogP contribution in [0.2, 0.25) is 4.34 Å². The Kier molecular flexibility index (Phi) is 6.14. The van der Waals surface area contributed by atoms with Crippen LogP contribution in [-0.4, -0.2) is 17.4 Å². The van der Waals surface area contributed by atoms with Crippen LogP contribution < -0.4 is 4.57 Å². The van der Waals surface area contributed by atoms with Crippen molar-refractivity contribution in [3.05, 3.63) is 76.2 Å². The summed E-state index contributed by atoms with van der Waals surface area (Å²) in [5, 5.41) is 0.372. The number of rotatable bonds is 6. The third-order valence-corrected chi connectivity index (χ3v) is 5.44. The van der Waals surface area contributed by atoms with E-state index >= 15 is 0 Å². The number of nitrogens with zero attached hydrogens (tertiary/aromatic N) is 2. The van der Waals surface area contributed by atoms with E-state index < -0.39 is 6.04 Å². The van der Waals surface area contributed by atoms with Gasteiger partial charge in [-0.3, -0.25) is 4.79 Å². The van der Waals surface area contributed by atoms with Crippen LogP contribution in [0.25, 0.3) is 11.1 Å². The fraction of sp³-hybridized carbons (Fsp3) is 0.150. The molecule has 1 unspecified atom stereocenters. The van der Waals surface area contributed by atoms with Crippen LogP contribution in [0, 0.1) is 0 Å². The lowest BCUT2D eigenvalue weighted by molar-refractivity contribution is -0.691. The number of carbonyl (C=O) groups excluding carboxylic acids is 1. The summed E-state index contributed by atoms with van der Waals surface area (Å²) in [6.45, 7) is 2.44. The van der Waals surface area contributed by atoms with Gasteiger partial charge in [0.15, 0.2) is 12.4 Å². The van der Waals surface area contributed by atoms with Gasteiger partial charge in [0.05, 0.1) is 9.21 Å². The van der Waals surface area contributed by atoms with Gasteiger partial charge in [-0.2, -0.15) is 4.57 Å². The third kappa shape index (κ3) is 4.18. The van der Waals surface area contributed by atoms with E-state index in [1.54, 1.807) is 12.1 Å². The van der Waals surface area contributed by atoms with E-state index in [4.69, 9.17) is 24.2 Å². The van der Waals surface area contributed by atoms with Crippen LogP contribution in [0.4, 0.5) is 0 Å². The summed E-state index contributed by atoms with van der Waals surface area (Å²) in [7, 11) is 0. The minimum Gasteiger partial charge on any atom is -0.758 e. The average molecular weight is 401 g/mol. The largest absolute Gasteiger partial charge is 0.758 e. The predicted octanol–water partition coefficient (Wildman–Crippen LogP) is 4.75. The van der Waals surface area contributed by atoms with E-state index in [2.05, 4.69) is 4.99 Å². The zero-order valence-electron chi connectivity index (χ0n) is 14.1. The molecule has 0 bridgehead atoms. The van der Waals surface area contributed by atoms with Gasteiger partial charge < -0.3 is 17.6 Å². The van der Waals surface area contributed by atoms with Crippen molar-refractivity contribution in [2.75, 3.05) is 6.54 Å². The van der Waals surface area contributed by atoms with Gasteiger partial charge in [0.25, 0.3) is 0 Å². The Morgan fingerprint density at radius 1 is 1.15 bits per heavy atom. The molecular weight excluding hydrogens is 384 g/mol. The zero-order chi connectivity index (χ0) is 18.5. The number of benzene rings is 1. The molecule has 26 heavy (non-hydrogen) atoms. The molecule has 0 saturated heterocycles. The van der Waals surface area contributed by atoms with Gasteiger partial charge in [-0.1, -0.05) is 41.9 Å². The first-order chi connectivity index (χ1) is 12.6. The maximum absolute atomic E-state index is 13.1. The number of carbonyl (C=O) groups is 1. The molecule has 1 aromatic carbocycles. The summed E-state index contributed by atoms with van der Waals surface area (Å²) < 4.78 is 2.41. The fourth-order valence-corrected chi connectivity index (χ4v) is 4.02.